The molecule has 0 bridgehead atoms. The fourth-order valence-electron chi connectivity index (χ4n) is 3.46. The number of hydrogen-bond donors (Lipinski definition) is 0. The van der Waals surface area contributed by atoms with Gasteiger partial charge >= 0.3 is 0 Å². The summed E-state index contributed by atoms with van der Waals surface area (Å²) in [6, 6.07) is 0.422. The number of carbonyl (C=O) groups is 1. The molecule has 2 aliphatic rings. The van der Waals surface area contributed by atoms with Crippen molar-refractivity contribution in [3.05, 3.63) is 0 Å². The van der Waals surface area contributed by atoms with Gasteiger partial charge in [-0.3, -0.25) is 4.79 Å². The number of alkyl halides is 1. The Morgan fingerprint density at radius 3 is 2.28 bits per heavy atom. The van der Waals surface area contributed by atoms with Crippen molar-refractivity contribution in [2.75, 3.05) is 7.05 Å². The van der Waals surface area contributed by atoms with Crippen LogP contribution in [0.2, 0.25) is 0 Å². The van der Waals surface area contributed by atoms with Crippen molar-refractivity contribution in [3.8, 4) is 0 Å². The van der Waals surface area contributed by atoms with Crippen LogP contribution in [0.1, 0.15) is 58.3 Å². The number of amides is 1. The standard InChI is InChI=1S/C15H26BrNO/c1-11-7-9-12(10-8-11)15(18)17(2)14-6-4-3-5-13(14)16/h11-14H,3-10H2,1-2H3. The molecule has 0 aromatic rings. The predicted molar refractivity (Wildman–Crippen MR) is 78.9 cm³/mol. The predicted octanol–water partition coefficient (Wildman–Crippen LogP) is 3.98. The third-order valence-electron chi connectivity index (χ3n) is 4.86. The fourth-order valence-corrected chi connectivity index (χ4v) is 4.40. The van der Waals surface area contributed by atoms with E-state index < -0.39 is 0 Å². The average molecular weight is 316 g/mol. The smallest absolute Gasteiger partial charge is 0.225 e. The molecular weight excluding hydrogens is 290 g/mol. The van der Waals surface area contributed by atoms with Gasteiger partial charge in [-0.05, 0) is 44.4 Å². The Kier molecular flexibility index (Phi) is 5.11. The second-order valence-electron chi connectivity index (χ2n) is 6.27. The second-order valence-corrected chi connectivity index (χ2v) is 7.45. The molecule has 1 amide bonds. The Balaban J connectivity index is 1.91. The van der Waals surface area contributed by atoms with Crippen molar-refractivity contribution < 1.29 is 4.79 Å². The molecule has 2 nitrogen and oxygen atoms in total. The van der Waals surface area contributed by atoms with E-state index in [2.05, 4.69) is 27.8 Å². The van der Waals surface area contributed by atoms with Gasteiger partial charge in [0.1, 0.15) is 0 Å². The lowest BCUT2D eigenvalue weighted by Gasteiger charge is -2.38. The SMILES string of the molecule is CC1CCC(C(=O)N(C)C2CCCCC2Br)CC1. The van der Waals surface area contributed by atoms with E-state index in [-0.39, 0.29) is 0 Å². The summed E-state index contributed by atoms with van der Waals surface area (Å²) in [6.07, 6.45) is 9.61. The maximum Gasteiger partial charge on any atom is 0.225 e. The summed E-state index contributed by atoms with van der Waals surface area (Å²) in [4.78, 5) is 15.1. The van der Waals surface area contributed by atoms with Crippen LogP contribution < -0.4 is 0 Å². The molecule has 0 saturated heterocycles. The zero-order chi connectivity index (χ0) is 13.1. The highest BCUT2D eigenvalue weighted by Gasteiger charge is 2.33. The summed E-state index contributed by atoms with van der Waals surface area (Å²) >= 11 is 3.76. The van der Waals surface area contributed by atoms with Gasteiger partial charge in [-0.2, -0.15) is 0 Å². The molecule has 3 heteroatoms. The van der Waals surface area contributed by atoms with Crippen LogP contribution in [0.5, 0.6) is 0 Å². The minimum Gasteiger partial charge on any atom is -0.341 e. The van der Waals surface area contributed by atoms with Crippen LogP contribution in [0.3, 0.4) is 0 Å². The molecule has 2 saturated carbocycles. The van der Waals surface area contributed by atoms with E-state index in [9.17, 15) is 4.79 Å². The van der Waals surface area contributed by atoms with Crippen LogP contribution in [0, 0.1) is 11.8 Å². The molecule has 0 heterocycles. The Labute approximate surface area is 120 Å². The van der Waals surface area contributed by atoms with E-state index in [1.807, 2.05) is 7.05 Å². The van der Waals surface area contributed by atoms with Gasteiger partial charge in [-0.25, -0.2) is 0 Å². The van der Waals surface area contributed by atoms with Crippen LogP contribution in [-0.2, 0) is 4.79 Å². The molecule has 2 atom stereocenters. The van der Waals surface area contributed by atoms with E-state index in [4.69, 9.17) is 0 Å². The average Bonchev–Trinajstić information content (AvgIpc) is 2.38. The third-order valence-corrected chi connectivity index (χ3v) is 5.93. The molecule has 0 N–H and O–H groups in total. The molecule has 0 aromatic heterocycles. The highest BCUT2D eigenvalue weighted by molar-refractivity contribution is 9.09. The largest absolute Gasteiger partial charge is 0.341 e. The first kappa shape index (κ1) is 14.4. The van der Waals surface area contributed by atoms with Crippen LogP contribution in [0.15, 0.2) is 0 Å². The second kappa shape index (κ2) is 6.40. The van der Waals surface area contributed by atoms with Gasteiger partial charge in [0.25, 0.3) is 0 Å². The van der Waals surface area contributed by atoms with Crippen molar-refractivity contribution in [1.29, 1.82) is 0 Å². The minimum absolute atomic E-state index is 0.299. The molecule has 0 aliphatic heterocycles. The van der Waals surface area contributed by atoms with Gasteiger partial charge in [0.05, 0.1) is 0 Å². The van der Waals surface area contributed by atoms with E-state index in [0.29, 0.717) is 22.7 Å². The first-order chi connectivity index (χ1) is 8.59. The Morgan fingerprint density at radius 2 is 1.67 bits per heavy atom. The van der Waals surface area contributed by atoms with Gasteiger partial charge in [-0.1, -0.05) is 35.7 Å². The van der Waals surface area contributed by atoms with Crippen molar-refractivity contribution in [1.82, 2.24) is 4.90 Å². The highest BCUT2D eigenvalue weighted by atomic mass is 79.9. The van der Waals surface area contributed by atoms with E-state index in [0.717, 1.165) is 18.8 Å². The molecule has 0 radical (unpaired) electrons. The van der Waals surface area contributed by atoms with Gasteiger partial charge in [0.2, 0.25) is 5.91 Å². The Bertz CT molecular complexity index is 286. The molecule has 18 heavy (non-hydrogen) atoms. The Hall–Kier alpha value is -0.0500. The summed E-state index contributed by atoms with van der Waals surface area (Å²) in [7, 11) is 2.02. The van der Waals surface area contributed by atoms with E-state index in [1.54, 1.807) is 0 Å². The van der Waals surface area contributed by atoms with Crippen molar-refractivity contribution in [2.24, 2.45) is 11.8 Å². The Morgan fingerprint density at radius 1 is 1.06 bits per heavy atom. The summed E-state index contributed by atoms with van der Waals surface area (Å²) in [5.74, 6) is 1.52. The van der Waals surface area contributed by atoms with Crippen LogP contribution in [0.4, 0.5) is 0 Å². The van der Waals surface area contributed by atoms with Gasteiger partial charge < -0.3 is 4.90 Å². The molecule has 2 rings (SSSR count). The molecule has 2 fully saturated rings. The normalized spacial score (nSPS) is 37.3. The lowest BCUT2D eigenvalue weighted by atomic mass is 9.82. The van der Waals surface area contributed by atoms with Gasteiger partial charge in [0.15, 0.2) is 0 Å². The number of halogens is 1. The maximum absolute atomic E-state index is 12.6. The number of rotatable bonds is 2. The maximum atomic E-state index is 12.6. The fraction of sp³-hybridized carbons (Fsp3) is 0.933. The van der Waals surface area contributed by atoms with Crippen molar-refractivity contribution >= 4 is 21.8 Å². The van der Waals surface area contributed by atoms with Gasteiger partial charge in [0, 0.05) is 23.8 Å². The zero-order valence-corrected chi connectivity index (χ0v) is 13.3. The summed E-state index contributed by atoms with van der Waals surface area (Å²) < 4.78 is 0. The van der Waals surface area contributed by atoms with Crippen molar-refractivity contribution in [2.45, 2.75) is 69.2 Å². The van der Waals surface area contributed by atoms with E-state index in [1.165, 1.54) is 38.5 Å². The molecule has 2 aliphatic carbocycles. The van der Waals surface area contributed by atoms with Crippen LogP contribution in [-0.4, -0.2) is 28.7 Å². The number of carbonyl (C=O) groups excluding carboxylic acids is 1. The zero-order valence-electron chi connectivity index (χ0n) is 11.7. The molecule has 104 valence electrons. The lowest BCUT2D eigenvalue weighted by molar-refractivity contribution is -0.138. The first-order valence-corrected chi connectivity index (χ1v) is 8.42. The summed E-state index contributed by atoms with van der Waals surface area (Å²) in [6.45, 7) is 2.31. The van der Waals surface area contributed by atoms with Crippen LogP contribution >= 0.6 is 15.9 Å². The monoisotopic (exact) mass is 315 g/mol. The quantitative estimate of drug-likeness (QED) is 0.706. The van der Waals surface area contributed by atoms with E-state index >= 15 is 0 Å². The molecule has 0 aromatic carbocycles. The lowest BCUT2D eigenvalue weighted by Crippen LogP contribution is -2.46. The topological polar surface area (TPSA) is 20.3 Å². The van der Waals surface area contributed by atoms with Gasteiger partial charge in [-0.15, -0.1) is 0 Å². The summed E-state index contributed by atoms with van der Waals surface area (Å²) in [5.41, 5.74) is 0. The van der Waals surface area contributed by atoms with Crippen LogP contribution in [0.25, 0.3) is 0 Å². The highest BCUT2D eigenvalue weighted by Crippen LogP contribution is 2.33. The summed E-state index contributed by atoms with van der Waals surface area (Å²) in [5, 5.41) is 0. The number of hydrogen-bond acceptors (Lipinski definition) is 1. The van der Waals surface area contributed by atoms with Crippen molar-refractivity contribution in [3.63, 3.8) is 0 Å². The molecular formula is C15H26BrNO. The first-order valence-electron chi connectivity index (χ1n) is 7.50. The molecule has 0 spiro atoms. The minimum atomic E-state index is 0.299. The number of nitrogens with zero attached hydrogens (tertiary/aromatic N) is 1. The molecule has 2 unspecified atom stereocenters. The third kappa shape index (κ3) is 3.28.